The van der Waals surface area contributed by atoms with Crippen LogP contribution >= 0.6 is 0 Å². The van der Waals surface area contributed by atoms with E-state index in [0.29, 0.717) is 23.2 Å². The molecule has 0 bridgehead atoms. The summed E-state index contributed by atoms with van der Waals surface area (Å²) in [7, 11) is 0. The van der Waals surface area contributed by atoms with Crippen molar-refractivity contribution in [2.45, 2.75) is 97.5 Å². The van der Waals surface area contributed by atoms with Crippen LogP contribution in [0.2, 0.25) is 0 Å². The van der Waals surface area contributed by atoms with Gasteiger partial charge in [-0.05, 0) is 69.7 Å². The number of anilines is 1. The zero-order valence-electron chi connectivity index (χ0n) is 28.0. The Hall–Kier alpha value is -4.18. The zero-order chi connectivity index (χ0) is 35.9. The SMILES string of the molecule is CC(C)[C@H](NC(=O)CN1C(=O)C=CC1=O)C(=O)N[C@@H](C)C(=O)Nc1ccc(COC(=O)C(C)(C)C)c(CCC2OC[C@@H](O)[C@H](O)[C@H]2O)c1. The van der Waals surface area contributed by atoms with Crippen molar-refractivity contribution in [3.8, 4) is 0 Å². The van der Waals surface area contributed by atoms with Crippen molar-refractivity contribution in [2.24, 2.45) is 11.3 Å². The Morgan fingerprint density at radius 3 is 2.21 bits per heavy atom. The number of hydrogen-bond acceptors (Lipinski definition) is 11. The van der Waals surface area contributed by atoms with Crippen molar-refractivity contribution in [2.75, 3.05) is 18.5 Å². The molecule has 15 heteroatoms. The van der Waals surface area contributed by atoms with Crippen LogP contribution in [0.3, 0.4) is 0 Å². The van der Waals surface area contributed by atoms with Crippen molar-refractivity contribution in [1.82, 2.24) is 15.5 Å². The molecule has 2 aliphatic heterocycles. The molecule has 2 heterocycles. The number of aliphatic hydroxyl groups is 3. The van der Waals surface area contributed by atoms with Gasteiger partial charge in [0.25, 0.3) is 11.8 Å². The number of imide groups is 1. The van der Waals surface area contributed by atoms with E-state index in [4.69, 9.17) is 9.47 Å². The molecule has 3 rings (SSSR count). The highest BCUT2D eigenvalue weighted by Crippen LogP contribution is 2.25. The summed E-state index contributed by atoms with van der Waals surface area (Å²) in [5, 5.41) is 38.1. The van der Waals surface area contributed by atoms with Crippen LogP contribution in [0.1, 0.15) is 59.1 Å². The van der Waals surface area contributed by atoms with E-state index in [9.17, 15) is 44.1 Å². The van der Waals surface area contributed by atoms with Gasteiger partial charge in [-0.2, -0.15) is 0 Å². The fourth-order valence-electron chi connectivity index (χ4n) is 4.96. The Morgan fingerprint density at radius 1 is 0.958 bits per heavy atom. The number of carbonyl (C=O) groups is 6. The summed E-state index contributed by atoms with van der Waals surface area (Å²) in [4.78, 5) is 75.5. The first-order chi connectivity index (χ1) is 22.4. The van der Waals surface area contributed by atoms with Gasteiger partial charge in [0.15, 0.2) is 0 Å². The number of aliphatic hydroxyl groups excluding tert-OH is 3. The molecule has 0 radical (unpaired) electrons. The van der Waals surface area contributed by atoms with E-state index in [1.807, 2.05) is 0 Å². The van der Waals surface area contributed by atoms with Gasteiger partial charge in [-0.15, -0.1) is 0 Å². The van der Waals surface area contributed by atoms with Gasteiger partial charge in [0, 0.05) is 17.8 Å². The van der Waals surface area contributed by atoms with Crippen molar-refractivity contribution in [1.29, 1.82) is 0 Å². The van der Waals surface area contributed by atoms with Crippen molar-refractivity contribution >= 4 is 41.2 Å². The van der Waals surface area contributed by atoms with E-state index in [-0.39, 0.29) is 19.6 Å². The number of aryl methyl sites for hydroxylation is 1. The summed E-state index contributed by atoms with van der Waals surface area (Å²) in [5.41, 5.74) is 0.939. The molecule has 0 spiro atoms. The number of benzene rings is 1. The van der Waals surface area contributed by atoms with E-state index in [0.717, 1.165) is 17.1 Å². The summed E-state index contributed by atoms with van der Waals surface area (Å²) in [5.74, 6) is -4.01. The first-order valence-corrected chi connectivity index (χ1v) is 15.8. The Labute approximate surface area is 279 Å². The number of ether oxygens (including phenoxy) is 2. The maximum Gasteiger partial charge on any atom is 0.311 e. The molecular weight excluding hydrogens is 628 g/mol. The van der Waals surface area contributed by atoms with Crippen LogP contribution in [0.25, 0.3) is 0 Å². The van der Waals surface area contributed by atoms with Gasteiger partial charge in [-0.3, -0.25) is 33.7 Å². The lowest BCUT2D eigenvalue weighted by molar-refractivity contribution is -0.188. The Bertz CT molecular complexity index is 1400. The lowest BCUT2D eigenvalue weighted by Crippen LogP contribution is -2.55. The molecule has 0 aliphatic carbocycles. The Kier molecular flexibility index (Phi) is 13.0. The lowest BCUT2D eigenvalue weighted by Gasteiger charge is -2.35. The second-order valence-corrected chi connectivity index (χ2v) is 13.4. The molecule has 1 aromatic rings. The summed E-state index contributed by atoms with van der Waals surface area (Å²) >= 11 is 0. The molecule has 5 amide bonds. The van der Waals surface area contributed by atoms with Crippen LogP contribution < -0.4 is 16.0 Å². The number of nitrogens with zero attached hydrogens (tertiary/aromatic N) is 1. The van der Waals surface area contributed by atoms with Gasteiger partial charge >= 0.3 is 5.97 Å². The minimum absolute atomic E-state index is 0.0551. The summed E-state index contributed by atoms with van der Waals surface area (Å²) in [6.45, 7) is 9.26. The molecule has 15 nitrogen and oxygen atoms in total. The first kappa shape index (κ1) is 38.3. The topological polar surface area (TPSA) is 221 Å². The monoisotopic (exact) mass is 674 g/mol. The minimum atomic E-state index is -1.36. The highest BCUT2D eigenvalue weighted by Gasteiger charge is 2.37. The minimum Gasteiger partial charge on any atom is -0.460 e. The second-order valence-electron chi connectivity index (χ2n) is 13.4. The zero-order valence-corrected chi connectivity index (χ0v) is 28.0. The largest absolute Gasteiger partial charge is 0.460 e. The molecule has 264 valence electrons. The van der Waals surface area contributed by atoms with E-state index >= 15 is 0 Å². The quantitative estimate of drug-likeness (QED) is 0.118. The third-order valence-corrected chi connectivity index (χ3v) is 7.97. The summed E-state index contributed by atoms with van der Waals surface area (Å²) in [6.07, 6.45) is -2.02. The Balaban J connectivity index is 1.67. The molecule has 1 saturated heterocycles. The van der Waals surface area contributed by atoms with Crippen LogP contribution in [-0.4, -0.2) is 105 Å². The van der Waals surface area contributed by atoms with Gasteiger partial charge in [0.2, 0.25) is 17.7 Å². The predicted octanol–water partition coefficient (Wildman–Crippen LogP) is -0.301. The predicted molar refractivity (Wildman–Crippen MR) is 171 cm³/mol. The van der Waals surface area contributed by atoms with Gasteiger partial charge in [-0.1, -0.05) is 19.9 Å². The van der Waals surface area contributed by atoms with Gasteiger partial charge in [-0.25, -0.2) is 0 Å². The van der Waals surface area contributed by atoms with Crippen LogP contribution in [0.15, 0.2) is 30.4 Å². The second kappa shape index (κ2) is 16.3. The Morgan fingerprint density at radius 2 is 1.60 bits per heavy atom. The van der Waals surface area contributed by atoms with Crippen LogP contribution in [0.4, 0.5) is 5.69 Å². The molecule has 2 aliphatic rings. The maximum absolute atomic E-state index is 13.1. The molecule has 1 fully saturated rings. The molecule has 0 saturated carbocycles. The number of rotatable bonds is 13. The van der Waals surface area contributed by atoms with Crippen molar-refractivity contribution < 1.29 is 53.6 Å². The molecule has 6 N–H and O–H groups in total. The smallest absolute Gasteiger partial charge is 0.311 e. The normalized spacial score (nSPS) is 22.3. The fourth-order valence-corrected chi connectivity index (χ4v) is 4.96. The molecule has 6 atom stereocenters. The van der Waals surface area contributed by atoms with E-state index in [2.05, 4.69) is 16.0 Å². The summed E-state index contributed by atoms with van der Waals surface area (Å²) < 4.78 is 11.0. The molecule has 1 unspecified atom stereocenters. The number of carbonyl (C=O) groups excluding carboxylic acids is 6. The van der Waals surface area contributed by atoms with Crippen molar-refractivity contribution in [3.05, 3.63) is 41.5 Å². The highest BCUT2D eigenvalue weighted by molar-refractivity contribution is 6.14. The molecule has 48 heavy (non-hydrogen) atoms. The molecule has 0 aromatic heterocycles. The third-order valence-electron chi connectivity index (χ3n) is 7.97. The molecule has 1 aromatic carbocycles. The average molecular weight is 675 g/mol. The summed E-state index contributed by atoms with van der Waals surface area (Å²) in [6, 6.07) is 2.84. The number of amides is 5. The van der Waals surface area contributed by atoms with Gasteiger partial charge in [0.05, 0.1) is 18.1 Å². The number of esters is 1. The van der Waals surface area contributed by atoms with Gasteiger partial charge in [0.1, 0.15) is 43.5 Å². The lowest BCUT2D eigenvalue weighted by atomic mass is 9.93. The van der Waals surface area contributed by atoms with Crippen LogP contribution in [-0.2, 0) is 51.3 Å². The average Bonchev–Trinajstić information content (AvgIpc) is 3.32. The standard InChI is InChI=1S/C33H46N4O11/c1-17(2)27(36-24(39)14-37-25(40)11-12-26(37)41)31(45)34-18(3)30(44)35-21-9-7-20(15-48-32(46)33(4,5)6)19(13-21)8-10-23-29(43)28(42)22(38)16-47-23/h7,9,11-13,17-18,22-23,27-29,38,42-43H,8,10,14-16H2,1-6H3,(H,34,45)(H,35,44)(H,36,39)/t18-,22+,23?,27-,28-,29-/m0/s1. The van der Waals surface area contributed by atoms with Crippen LogP contribution in [0, 0.1) is 11.3 Å². The number of hydrogen-bond donors (Lipinski definition) is 6. The van der Waals surface area contributed by atoms with Crippen LogP contribution in [0.5, 0.6) is 0 Å². The first-order valence-electron chi connectivity index (χ1n) is 15.8. The third kappa shape index (κ3) is 10.2. The molecular formula is C33H46N4O11. The maximum atomic E-state index is 13.1. The van der Waals surface area contributed by atoms with E-state index < -0.39 is 89.9 Å². The fraction of sp³-hybridized carbons (Fsp3) is 0.576. The van der Waals surface area contributed by atoms with Gasteiger partial charge < -0.3 is 40.7 Å². The van der Waals surface area contributed by atoms with E-state index in [1.165, 1.54) is 6.92 Å². The van der Waals surface area contributed by atoms with E-state index in [1.54, 1.807) is 52.8 Å². The highest BCUT2D eigenvalue weighted by atomic mass is 16.5. The van der Waals surface area contributed by atoms with Crippen molar-refractivity contribution in [3.63, 3.8) is 0 Å². The number of nitrogens with one attached hydrogen (secondary N) is 3.